The van der Waals surface area contributed by atoms with Gasteiger partial charge in [-0.15, -0.1) is 0 Å². The third-order valence-electron chi connectivity index (χ3n) is 1.89. The van der Waals surface area contributed by atoms with Crippen LogP contribution in [-0.4, -0.2) is 11.5 Å². The van der Waals surface area contributed by atoms with Crippen molar-refractivity contribution >= 4 is 22.7 Å². The van der Waals surface area contributed by atoms with Crippen LogP contribution >= 0.6 is 11.6 Å². The second-order valence-electron chi connectivity index (χ2n) is 2.80. The van der Waals surface area contributed by atoms with Crippen LogP contribution in [0.1, 0.15) is 5.56 Å². The number of hydrogen-bond donors (Lipinski definition) is 1. The van der Waals surface area contributed by atoms with Gasteiger partial charge in [0.15, 0.2) is 12.0 Å². The molecule has 0 spiro atoms. The summed E-state index contributed by atoms with van der Waals surface area (Å²) in [7, 11) is 0. The van der Waals surface area contributed by atoms with Crippen LogP contribution in [0.15, 0.2) is 22.9 Å². The van der Waals surface area contributed by atoms with Crippen molar-refractivity contribution in [1.29, 1.82) is 0 Å². The summed E-state index contributed by atoms with van der Waals surface area (Å²) < 4.78 is 5.23. The number of rotatable bonds is 2. The summed E-state index contributed by atoms with van der Waals surface area (Å²) in [5.41, 5.74) is 8.06. The first kappa shape index (κ1) is 8.53. The van der Waals surface area contributed by atoms with Crippen molar-refractivity contribution < 1.29 is 4.42 Å². The molecule has 0 radical (unpaired) electrons. The first-order valence-corrected chi connectivity index (χ1v) is 4.41. The normalized spacial score (nSPS) is 10.9. The SMILES string of the molecule is NCCc1cc(Cl)cc2ncoc12. The van der Waals surface area contributed by atoms with Gasteiger partial charge in [0.25, 0.3) is 0 Å². The van der Waals surface area contributed by atoms with E-state index in [4.69, 9.17) is 21.8 Å². The van der Waals surface area contributed by atoms with Gasteiger partial charge in [0.05, 0.1) is 0 Å². The Morgan fingerprint density at radius 3 is 3.08 bits per heavy atom. The highest BCUT2D eigenvalue weighted by atomic mass is 35.5. The van der Waals surface area contributed by atoms with E-state index < -0.39 is 0 Å². The molecule has 0 aliphatic heterocycles. The Labute approximate surface area is 80.5 Å². The van der Waals surface area contributed by atoms with E-state index in [2.05, 4.69) is 4.98 Å². The molecule has 0 fully saturated rings. The van der Waals surface area contributed by atoms with Crippen molar-refractivity contribution in [2.24, 2.45) is 5.73 Å². The number of fused-ring (bicyclic) bond motifs is 1. The van der Waals surface area contributed by atoms with Crippen LogP contribution in [0.2, 0.25) is 5.02 Å². The lowest BCUT2D eigenvalue weighted by Crippen LogP contribution is -2.02. The number of benzene rings is 1. The van der Waals surface area contributed by atoms with Gasteiger partial charge in [0.1, 0.15) is 5.52 Å². The second-order valence-corrected chi connectivity index (χ2v) is 3.24. The van der Waals surface area contributed by atoms with Crippen LogP contribution in [0.3, 0.4) is 0 Å². The average Bonchev–Trinajstić information content (AvgIpc) is 2.52. The molecule has 0 unspecified atom stereocenters. The summed E-state index contributed by atoms with van der Waals surface area (Å²) in [4.78, 5) is 4.03. The van der Waals surface area contributed by atoms with Crippen molar-refractivity contribution in [2.45, 2.75) is 6.42 Å². The molecule has 0 bridgehead atoms. The van der Waals surface area contributed by atoms with Gasteiger partial charge in [-0.25, -0.2) is 4.98 Å². The van der Waals surface area contributed by atoms with E-state index in [1.165, 1.54) is 6.39 Å². The van der Waals surface area contributed by atoms with E-state index in [1.54, 1.807) is 6.07 Å². The van der Waals surface area contributed by atoms with Crippen molar-refractivity contribution in [1.82, 2.24) is 4.98 Å². The first-order chi connectivity index (χ1) is 6.31. The Hall–Kier alpha value is -1.06. The maximum Gasteiger partial charge on any atom is 0.181 e. The minimum absolute atomic E-state index is 0.580. The summed E-state index contributed by atoms with van der Waals surface area (Å²) in [6, 6.07) is 3.64. The Kier molecular flexibility index (Phi) is 2.20. The number of nitrogens with zero attached hydrogens (tertiary/aromatic N) is 1. The minimum Gasteiger partial charge on any atom is -0.443 e. The maximum absolute atomic E-state index is 5.89. The van der Waals surface area contributed by atoms with Crippen molar-refractivity contribution in [2.75, 3.05) is 6.54 Å². The summed E-state index contributed by atoms with van der Waals surface area (Å²) in [5, 5.41) is 0.671. The summed E-state index contributed by atoms with van der Waals surface area (Å²) >= 11 is 5.89. The smallest absolute Gasteiger partial charge is 0.181 e. The average molecular weight is 197 g/mol. The quantitative estimate of drug-likeness (QED) is 0.799. The fraction of sp³-hybridized carbons (Fsp3) is 0.222. The minimum atomic E-state index is 0.580. The zero-order chi connectivity index (χ0) is 9.26. The lowest BCUT2D eigenvalue weighted by atomic mass is 10.1. The van der Waals surface area contributed by atoms with Crippen LogP contribution in [0, 0.1) is 0 Å². The molecule has 0 saturated heterocycles. The van der Waals surface area contributed by atoms with E-state index in [0.717, 1.165) is 23.1 Å². The van der Waals surface area contributed by atoms with Crippen LogP contribution in [0.4, 0.5) is 0 Å². The van der Waals surface area contributed by atoms with Gasteiger partial charge < -0.3 is 10.2 Å². The van der Waals surface area contributed by atoms with Gasteiger partial charge in [0, 0.05) is 5.02 Å². The molecule has 1 aromatic heterocycles. The molecule has 0 aliphatic rings. The number of nitrogens with two attached hydrogens (primary N) is 1. The zero-order valence-corrected chi connectivity index (χ0v) is 7.71. The number of oxazole rings is 1. The fourth-order valence-electron chi connectivity index (χ4n) is 1.34. The molecule has 1 heterocycles. The first-order valence-electron chi connectivity index (χ1n) is 4.03. The van der Waals surface area contributed by atoms with Crippen molar-refractivity contribution in [3.63, 3.8) is 0 Å². The predicted octanol–water partition coefficient (Wildman–Crippen LogP) is 1.98. The molecule has 0 amide bonds. The van der Waals surface area contributed by atoms with E-state index in [0.29, 0.717) is 11.6 Å². The van der Waals surface area contributed by atoms with Gasteiger partial charge in [-0.3, -0.25) is 0 Å². The van der Waals surface area contributed by atoms with Crippen LogP contribution in [-0.2, 0) is 6.42 Å². The lowest BCUT2D eigenvalue weighted by molar-refractivity contribution is 0.597. The van der Waals surface area contributed by atoms with Crippen LogP contribution < -0.4 is 5.73 Å². The summed E-state index contributed by atoms with van der Waals surface area (Å²) in [6.07, 6.45) is 2.17. The number of aromatic nitrogens is 1. The van der Waals surface area contributed by atoms with E-state index in [-0.39, 0.29) is 0 Å². The van der Waals surface area contributed by atoms with Gasteiger partial charge in [0.2, 0.25) is 0 Å². The standard InChI is InChI=1S/C9H9ClN2O/c10-7-3-6(1-2-11)9-8(4-7)12-5-13-9/h3-5H,1-2,11H2. The Balaban J connectivity index is 2.63. The summed E-state index contributed by atoms with van der Waals surface area (Å²) in [6.45, 7) is 0.580. The van der Waals surface area contributed by atoms with Crippen molar-refractivity contribution in [3.8, 4) is 0 Å². The third kappa shape index (κ3) is 1.53. The second kappa shape index (κ2) is 3.36. The molecule has 2 aromatic rings. The maximum atomic E-state index is 5.89. The summed E-state index contributed by atoms with van der Waals surface area (Å²) in [5.74, 6) is 0. The Morgan fingerprint density at radius 1 is 1.46 bits per heavy atom. The number of hydrogen-bond acceptors (Lipinski definition) is 3. The zero-order valence-electron chi connectivity index (χ0n) is 6.96. The van der Waals surface area contributed by atoms with E-state index in [9.17, 15) is 0 Å². The molecule has 68 valence electrons. The van der Waals surface area contributed by atoms with Gasteiger partial charge in [-0.2, -0.15) is 0 Å². The van der Waals surface area contributed by atoms with Crippen molar-refractivity contribution in [3.05, 3.63) is 29.1 Å². The highest BCUT2D eigenvalue weighted by molar-refractivity contribution is 6.31. The number of halogens is 1. The Morgan fingerprint density at radius 2 is 2.31 bits per heavy atom. The third-order valence-corrected chi connectivity index (χ3v) is 2.11. The van der Waals surface area contributed by atoms with Crippen LogP contribution in [0.25, 0.3) is 11.1 Å². The van der Waals surface area contributed by atoms with Crippen LogP contribution in [0.5, 0.6) is 0 Å². The highest BCUT2D eigenvalue weighted by Crippen LogP contribution is 2.23. The molecular formula is C9H9ClN2O. The molecule has 4 heteroatoms. The van der Waals surface area contributed by atoms with Gasteiger partial charge >= 0.3 is 0 Å². The Bertz CT molecular complexity index is 424. The fourth-order valence-corrected chi connectivity index (χ4v) is 1.58. The topological polar surface area (TPSA) is 52.0 Å². The monoisotopic (exact) mass is 196 g/mol. The van der Waals surface area contributed by atoms with Gasteiger partial charge in [-0.05, 0) is 30.7 Å². The molecule has 0 saturated carbocycles. The molecule has 0 atom stereocenters. The van der Waals surface area contributed by atoms with E-state index >= 15 is 0 Å². The molecule has 2 N–H and O–H groups in total. The molecule has 1 aromatic carbocycles. The molecular weight excluding hydrogens is 188 g/mol. The molecule has 2 rings (SSSR count). The molecule has 13 heavy (non-hydrogen) atoms. The lowest BCUT2D eigenvalue weighted by Gasteiger charge is -1.99. The molecule has 3 nitrogen and oxygen atoms in total. The highest BCUT2D eigenvalue weighted by Gasteiger charge is 2.06. The molecule has 0 aliphatic carbocycles. The predicted molar refractivity (Wildman–Crippen MR) is 51.8 cm³/mol. The van der Waals surface area contributed by atoms with Gasteiger partial charge in [-0.1, -0.05) is 11.6 Å². The van der Waals surface area contributed by atoms with E-state index in [1.807, 2.05) is 6.07 Å². The largest absolute Gasteiger partial charge is 0.443 e.